The van der Waals surface area contributed by atoms with Crippen LogP contribution in [0.1, 0.15) is 25.3 Å². The average molecular weight is 244 g/mol. The molecule has 0 spiro atoms. The fourth-order valence-electron chi connectivity index (χ4n) is 2.21. The molecule has 88 valence electrons. The highest BCUT2D eigenvalue weighted by molar-refractivity contribution is 6.32. The molecule has 1 N–H and O–H groups in total. The number of ether oxygens (including phenoxy) is 1. The van der Waals surface area contributed by atoms with E-state index in [9.17, 15) is 4.39 Å². The van der Waals surface area contributed by atoms with Crippen molar-refractivity contribution in [3.05, 3.63) is 28.5 Å². The van der Waals surface area contributed by atoms with E-state index in [1.54, 1.807) is 6.07 Å². The van der Waals surface area contributed by atoms with E-state index in [0.29, 0.717) is 5.02 Å². The van der Waals surface area contributed by atoms with Crippen molar-refractivity contribution >= 4 is 11.6 Å². The third-order valence-electron chi connectivity index (χ3n) is 3.21. The molecule has 1 aromatic carbocycles. The molecule has 0 saturated carbocycles. The molecule has 1 heterocycles. The van der Waals surface area contributed by atoms with Crippen LogP contribution >= 0.6 is 11.6 Å². The Balaban J connectivity index is 2.43. The standard InChI is InChI=1S/C12H15ClFNO/c1-12(4-3-5-15-12)8-6-9(13)11(16-2)10(14)7-8/h6-7,15H,3-5H2,1-2H3. The summed E-state index contributed by atoms with van der Waals surface area (Å²) >= 11 is 5.98. The number of nitrogens with one attached hydrogen (secondary N) is 1. The van der Waals surface area contributed by atoms with Crippen molar-refractivity contribution in [3.8, 4) is 5.75 Å². The Morgan fingerprint density at radius 1 is 1.50 bits per heavy atom. The molecular weight excluding hydrogens is 229 g/mol. The zero-order valence-electron chi connectivity index (χ0n) is 9.44. The average Bonchev–Trinajstić information content (AvgIpc) is 2.66. The van der Waals surface area contributed by atoms with Crippen molar-refractivity contribution in [2.45, 2.75) is 25.3 Å². The van der Waals surface area contributed by atoms with Gasteiger partial charge in [0.1, 0.15) is 0 Å². The van der Waals surface area contributed by atoms with Crippen molar-refractivity contribution in [1.29, 1.82) is 0 Å². The lowest BCUT2D eigenvalue weighted by Gasteiger charge is -2.25. The predicted molar refractivity (Wildman–Crippen MR) is 62.6 cm³/mol. The van der Waals surface area contributed by atoms with E-state index < -0.39 is 5.82 Å². The Labute approximate surface area is 99.7 Å². The van der Waals surface area contributed by atoms with E-state index in [1.165, 1.54) is 13.2 Å². The van der Waals surface area contributed by atoms with Crippen LogP contribution in [0.3, 0.4) is 0 Å². The van der Waals surface area contributed by atoms with Crippen LogP contribution in [0.2, 0.25) is 5.02 Å². The van der Waals surface area contributed by atoms with Crippen LogP contribution in [-0.2, 0) is 5.54 Å². The Kier molecular flexibility index (Phi) is 3.08. The summed E-state index contributed by atoms with van der Waals surface area (Å²) in [5.41, 5.74) is 0.713. The maximum Gasteiger partial charge on any atom is 0.173 e. The summed E-state index contributed by atoms with van der Waals surface area (Å²) in [4.78, 5) is 0. The van der Waals surface area contributed by atoms with Gasteiger partial charge >= 0.3 is 0 Å². The Morgan fingerprint density at radius 3 is 2.75 bits per heavy atom. The maximum atomic E-state index is 13.7. The van der Waals surface area contributed by atoms with Gasteiger partial charge in [-0.05, 0) is 44.0 Å². The van der Waals surface area contributed by atoms with E-state index >= 15 is 0 Å². The van der Waals surface area contributed by atoms with Crippen molar-refractivity contribution in [3.63, 3.8) is 0 Å². The summed E-state index contributed by atoms with van der Waals surface area (Å²) in [6.07, 6.45) is 2.09. The first-order valence-electron chi connectivity index (χ1n) is 5.35. The topological polar surface area (TPSA) is 21.3 Å². The highest BCUT2D eigenvalue weighted by Gasteiger charge is 2.31. The summed E-state index contributed by atoms with van der Waals surface area (Å²) in [5.74, 6) is -0.285. The van der Waals surface area contributed by atoms with Gasteiger partial charge in [-0.3, -0.25) is 0 Å². The molecular formula is C12H15ClFNO. The van der Waals surface area contributed by atoms with Crippen LogP contribution in [0.15, 0.2) is 12.1 Å². The smallest absolute Gasteiger partial charge is 0.173 e. The zero-order valence-corrected chi connectivity index (χ0v) is 10.2. The molecule has 16 heavy (non-hydrogen) atoms. The zero-order chi connectivity index (χ0) is 11.8. The molecule has 0 amide bonds. The lowest BCUT2D eigenvalue weighted by atomic mass is 9.90. The molecule has 0 radical (unpaired) electrons. The molecule has 4 heteroatoms. The number of methoxy groups -OCH3 is 1. The van der Waals surface area contributed by atoms with Gasteiger partial charge in [0.05, 0.1) is 12.1 Å². The van der Waals surface area contributed by atoms with Gasteiger partial charge in [-0.2, -0.15) is 0 Å². The van der Waals surface area contributed by atoms with Gasteiger partial charge in [0, 0.05) is 5.54 Å². The van der Waals surface area contributed by atoms with E-state index in [0.717, 1.165) is 24.9 Å². The molecule has 1 aliphatic rings. The van der Waals surface area contributed by atoms with Crippen LogP contribution in [-0.4, -0.2) is 13.7 Å². The fraction of sp³-hybridized carbons (Fsp3) is 0.500. The van der Waals surface area contributed by atoms with Gasteiger partial charge < -0.3 is 10.1 Å². The number of rotatable bonds is 2. The second-order valence-electron chi connectivity index (χ2n) is 4.34. The van der Waals surface area contributed by atoms with E-state index in [2.05, 4.69) is 12.2 Å². The minimum atomic E-state index is -0.403. The van der Waals surface area contributed by atoms with Crippen LogP contribution in [0.25, 0.3) is 0 Å². The number of halogens is 2. The molecule has 1 aromatic rings. The molecule has 1 saturated heterocycles. The lowest BCUT2D eigenvalue weighted by Crippen LogP contribution is -2.33. The lowest BCUT2D eigenvalue weighted by molar-refractivity contribution is 0.382. The number of hydrogen-bond acceptors (Lipinski definition) is 2. The second-order valence-corrected chi connectivity index (χ2v) is 4.74. The number of hydrogen-bond donors (Lipinski definition) is 1. The van der Waals surface area contributed by atoms with Crippen LogP contribution in [0, 0.1) is 5.82 Å². The van der Waals surface area contributed by atoms with Crippen molar-refractivity contribution < 1.29 is 9.13 Å². The molecule has 2 rings (SSSR count). The van der Waals surface area contributed by atoms with Gasteiger partial charge in [0.25, 0.3) is 0 Å². The van der Waals surface area contributed by atoms with E-state index in [4.69, 9.17) is 16.3 Å². The van der Waals surface area contributed by atoms with Gasteiger partial charge in [-0.1, -0.05) is 11.6 Å². The monoisotopic (exact) mass is 243 g/mol. The van der Waals surface area contributed by atoms with Crippen molar-refractivity contribution in [2.24, 2.45) is 0 Å². The number of benzene rings is 1. The highest BCUT2D eigenvalue weighted by Crippen LogP contribution is 2.36. The Hall–Kier alpha value is -0.800. The molecule has 0 aromatic heterocycles. The molecule has 2 nitrogen and oxygen atoms in total. The minimum Gasteiger partial charge on any atom is -0.492 e. The Morgan fingerprint density at radius 2 is 2.25 bits per heavy atom. The van der Waals surface area contributed by atoms with Crippen LogP contribution < -0.4 is 10.1 Å². The third-order valence-corrected chi connectivity index (χ3v) is 3.49. The quantitative estimate of drug-likeness (QED) is 0.862. The summed E-state index contributed by atoms with van der Waals surface area (Å²) in [5, 5.41) is 3.70. The second kappa shape index (κ2) is 4.22. The summed E-state index contributed by atoms with van der Waals surface area (Å²) < 4.78 is 18.6. The predicted octanol–water partition coefficient (Wildman–Crippen LogP) is 3.09. The van der Waals surface area contributed by atoms with Gasteiger partial charge in [-0.25, -0.2) is 4.39 Å². The first kappa shape index (κ1) is 11.7. The van der Waals surface area contributed by atoms with Gasteiger partial charge in [0.2, 0.25) is 0 Å². The van der Waals surface area contributed by atoms with Gasteiger partial charge in [0.15, 0.2) is 11.6 Å². The molecule has 1 atom stereocenters. The summed E-state index contributed by atoms with van der Waals surface area (Å²) in [6.45, 7) is 3.03. The summed E-state index contributed by atoms with van der Waals surface area (Å²) in [7, 11) is 1.42. The highest BCUT2D eigenvalue weighted by atomic mass is 35.5. The fourth-order valence-corrected chi connectivity index (χ4v) is 2.50. The largest absolute Gasteiger partial charge is 0.492 e. The molecule has 1 fully saturated rings. The normalized spacial score (nSPS) is 24.8. The molecule has 0 aliphatic carbocycles. The Bertz CT molecular complexity index is 379. The minimum absolute atomic E-state index is 0.118. The van der Waals surface area contributed by atoms with Crippen molar-refractivity contribution in [1.82, 2.24) is 5.32 Å². The summed E-state index contributed by atoms with van der Waals surface area (Å²) in [6, 6.07) is 3.28. The first-order valence-corrected chi connectivity index (χ1v) is 5.73. The van der Waals surface area contributed by atoms with Crippen LogP contribution in [0.5, 0.6) is 5.75 Å². The van der Waals surface area contributed by atoms with Crippen LogP contribution in [0.4, 0.5) is 4.39 Å². The molecule has 1 aliphatic heterocycles. The SMILES string of the molecule is COc1c(F)cc(C2(C)CCCN2)cc1Cl. The molecule has 1 unspecified atom stereocenters. The molecule has 0 bridgehead atoms. The maximum absolute atomic E-state index is 13.7. The van der Waals surface area contributed by atoms with E-state index in [-0.39, 0.29) is 11.3 Å². The first-order chi connectivity index (χ1) is 7.57. The third kappa shape index (κ3) is 1.89. The van der Waals surface area contributed by atoms with Crippen molar-refractivity contribution in [2.75, 3.05) is 13.7 Å². The van der Waals surface area contributed by atoms with E-state index in [1.807, 2.05) is 0 Å². The van der Waals surface area contributed by atoms with Gasteiger partial charge in [-0.15, -0.1) is 0 Å².